The Hall–Kier alpha value is -3.39. The van der Waals surface area contributed by atoms with E-state index in [-0.39, 0.29) is 17.5 Å². The summed E-state index contributed by atoms with van der Waals surface area (Å²) in [4.78, 5) is 36.6. The molecule has 0 spiro atoms. The summed E-state index contributed by atoms with van der Waals surface area (Å²) in [6.07, 6.45) is 1.52. The summed E-state index contributed by atoms with van der Waals surface area (Å²) in [6, 6.07) is 12.9. The summed E-state index contributed by atoms with van der Waals surface area (Å²) in [7, 11) is 0. The summed E-state index contributed by atoms with van der Waals surface area (Å²) in [5.41, 5.74) is 0.834. The molecule has 0 radical (unpaired) electrons. The van der Waals surface area contributed by atoms with Crippen LogP contribution in [0.3, 0.4) is 0 Å². The standard InChI is InChI=1S/C20H18N2O5S/c1-13(16-4-2-10-26-16)21-18(23)12-27-20(25)14-6-8-15(9-7-14)22-19(24)17-5-3-11-28-17/h2-11,13H,12H2,1H3,(H,21,23)(H,22,24)/t13-/m0/s1. The number of anilines is 1. The molecule has 2 N–H and O–H groups in total. The molecule has 0 aliphatic rings. The van der Waals surface area contributed by atoms with Gasteiger partial charge in [0.1, 0.15) is 5.76 Å². The second-order valence-electron chi connectivity index (χ2n) is 5.89. The van der Waals surface area contributed by atoms with Gasteiger partial charge in [-0.25, -0.2) is 4.79 Å². The summed E-state index contributed by atoms with van der Waals surface area (Å²) in [5.74, 6) is -0.665. The quantitative estimate of drug-likeness (QED) is 0.592. The molecule has 28 heavy (non-hydrogen) atoms. The maximum absolute atomic E-state index is 12.1. The third kappa shape index (κ3) is 5.08. The Kier molecular flexibility index (Phi) is 6.23. The zero-order valence-electron chi connectivity index (χ0n) is 15.0. The van der Waals surface area contributed by atoms with Crippen LogP contribution in [-0.2, 0) is 9.53 Å². The molecule has 0 aliphatic carbocycles. The summed E-state index contributed by atoms with van der Waals surface area (Å²) < 4.78 is 10.2. The Morgan fingerprint density at radius 1 is 1.11 bits per heavy atom. The summed E-state index contributed by atoms with van der Waals surface area (Å²) >= 11 is 1.34. The van der Waals surface area contributed by atoms with Gasteiger partial charge in [0.05, 0.1) is 22.7 Å². The number of hydrogen-bond donors (Lipinski definition) is 2. The average Bonchev–Trinajstić information content (AvgIpc) is 3.40. The predicted molar refractivity (Wildman–Crippen MR) is 104 cm³/mol. The van der Waals surface area contributed by atoms with Gasteiger partial charge < -0.3 is 19.8 Å². The van der Waals surface area contributed by atoms with Gasteiger partial charge in [-0.1, -0.05) is 6.07 Å². The number of esters is 1. The number of carbonyl (C=O) groups excluding carboxylic acids is 3. The maximum atomic E-state index is 12.1. The minimum Gasteiger partial charge on any atom is -0.467 e. The Labute approximate surface area is 165 Å². The van der Waals surface area contributed by atoms with E-state index < -0.39 is 18.5 Å². The van der Waals surface area contributed by atoms with Crippen LogP contribution < -0.4 is 10.6 Å². The Balaban J connectivity index is 1.47. The van der Waals surface area contributed by atoms with Crippen molar-refractivity contribution in [3.8, 4) is 0 Å². The molecule has 0 saturated heterocycles. The number of benzene rings is 1. The van der Waals surface area contributed by atoms with Gasteiger partial charge in [-0.2, -0.15) is 0 Å². The van der Waals surface area contributed by atoms with Crippen molar-refractivity contribution in [2.75, 3.05) is 11.9 Å². The van der Waals surface area contributed by atoms with Gasteiger partial charge in [0.25, 0.3) is 11.8 Å². The van der Waals surface area contributed by atoms with Crippen LogP contribution in [0.2, 0.25) is 0 Å². The Morgan fingerprint density at radius 2 is 1.89 bits per heavy atom. The van der Waals surface area contributed by atoms with Gasteiger partial charge in [-0.3, -0.25) is 9.59 Å². The van der Waals surface area contributed by atoms with Crippen LogP contribution >= 0.6 is 11.3 Å². The third-order valence-corrected chi connectivity index (χ3v) is 4.67. The molecular formula is C20H18N2O5S. The minimum atomic E-state index is -0.628. The van der Waals surface area contributed by atoms with E-state index in [2.05, 4.69) is 10.6 Å². The monoisotopic (exact) mass is 398 g/mol. The third-order valence-electron chi connectivity index (χ3n) is 3.81. The highest BCUT2D eigenvalue weighted by Crippen LogP contribution is 2.15. The predicted octanol–water partition coefficient (Wildman–Crippen LogP) is 3.63. The van der Waals surface area contributed by atoms with Gasteiger partial charge in [-0.05, 0) is 54.8 Å². The van der Waals surface area contributed by atoms with E-state index in [9.17, 15) is 14.4 Å². The smallest absolute Gasteiger partial charge is 0.338 e. The van der Waals surface area contributed by atoms with Crippen LogP contribution in [0.4, 0.5) is 5.69 Å². The van der Waals surface area contributed by atoms with E-state index in [1.165, 1.54) is 29.7 Å². The highest BCUT2D eigenvalue weighted by Gasteiger charge is 2.15. The van der Waals surface area contributed by atoms with Crippen molar-refractivity contribution in [2.45, 2.75) is 13.0 Å². The first-order chi connectivity index (χ1) is 13.5. The summed E-state index contributed by atoms with van der Waals surface area (Å²) in [5, 5.41) is 7.24. The fourth-order valence-electron chi connectivity index (χ4n) is 2.40. The first-order valence-electron chi connectivity index (χ1n) is 8.48. The van der Waals surface area contributed by atoms with Gasteiger partial charge in [-0.15, -0.1) is 11.3 Å². The molecule has 2 amide bonds. The number of nitrogens with one attached hydrogen (secondary N) is 2. The molecule has 3 rings (SSSR count). The molecule has 0 saturated carbocycles. The number of rotatable bonds is 7. The first-order valence-corrected chi connectivity index (χ1v) is 9.35. The van der Waals surface area contributed by atoms with E-state index in [1.807, 2.05) is 5.38 Å². The van der Waals surface area contributed by atoms with Crippen molar-refractivity contribution in [2.24, 2.45) is 0 Å². The van der Waals surface area contributed by atoms with Crippen LogP contribution in [0.25, 0.3) is 0 Å². The molecule has 2 heterocycles. The number of amides is 2. The van der Waals surface area contributed by atoms with Crippen molar-refractivity contribution in [1.82, 2.24) is 5.32 Å². The average molecular weight is 398 g/mol. The number of thiophene rings is 1. The molecule has 2 aromatic heterocycles. The molecule has 0 fully saturated rings. The van der Waals surface area contributed by atoms with Crippen molar-refractivity contribution in [3.05, 3.63) is 76.4 Å². The lowest BCUT2D eigenvalue weighted by Gasteiger charge is -2.11. The van der Waals surface area contributed by atoms with Gasteiger partial charge >= 0.3 is 5.97 Å². The van der Waals surface area contributed by atoms with Crippen molar-refractivity contribution in [3.63, 3.8) is 0 Å². The number of hydrogen-bond acceptors (Lipinski definition) is 6. The number of furan rings is 1. The number of ether oxygens (including phenoxy) is 1. The largest absolute Gasteiger partial charge is 0.467 e. The van der Waals surface area contributed by atoms with E-state index >= 15 is 0 Å². The highest BCUT2D eigenvalue weighted by molar-refractivity contribution is 7.12. The lowest BCUT2D eigenvalue weighted by atomic mass is 10.2. The van der Waals surface area contributed by atoms with Crippen molar-refractivity contribution >= 4 is 34.8 Å². The Morgan fingerprint density at radius 3 is 2.54 bits per heavy atom. The molecule has 0 aliphatic heterocycles. The molecule has 7 nitrogen and oxygen atoms in total. The van der Waals surface area contributed by atoms with Crippen LogP contribution in [0.1, 0.15) is 38.8 Å². The molecule has 0 bridgehead atoms. The van der Waals surface area contributed by atoms with Crippen molar-refractivity contribution in [1.29, 1.82) is 0 Å². The second kappa shape index (κ2) is 9.01. The Bertz CT molecular complexity index is 934. The summed E-state index contributed by atoms with van der Waals surface area (Å²) in [6.45, 7) is 1.36. The van der Waals surface area contributed by atoms with Gasteiger partial charge in [0.15, 0.2) is 6.61 Å². The van der Waals surface area contributed by atoms with E-state index in [1.54, 1.807) is 43.3 Å². The maximum Gasteiger partial charge on any atom is 0.338 e. The molecule has 144 valence electrons. The second-order valence-corrected chi connectivity index (χ2v) is 6.84. The highest BCUT2D eigenvalue weighted by atomic mass is 32.1. The lowest BCUT2D eigenvalue weighted by Crippen LogP contribution is -2.30. The lowest BCUT2D eigenvalue weighted by molar-refractivity contribution is -0.125. The van der Waals surface area contributed by atoms with Gasteiger partial charge in [0.2, 0.25) is 0 Å². The first kappa shape index (κ1) is 19.4. The normalized spacial score (nSPS) is 11.5. The molecule has 1 aromatic carbocycles. The van der Waals surface area contributed by atoms with E-state index in [0.717, 1.165) is 0 Å². The van der Waals surface area contributed by atoms with Crippen molar-refractivity contribution < 1.29 is 23.5 Å². The van der Waals surface area contributed by atoms with Gasteiger partial charge in [0, 0.05) is 5.69 Å². The zero-order chi connectivity index (χ0) is 19.9. The SMILES string of the molecule is C[C@H](NC(=O)COC(=O)c1ccc(NC(=O)c2cccs2)cc1)c1ccco1. The number of carbonyl (C=O) groups is 3. The van der Waals surface area contributed by atoms with E-state index in [0.29, 0.717) is 16.3 Å². The topological polar surface area (TPSA) is 97.6 Å². The fraction of sp³-hybridized carbons (Fsp3) is 0.150. The fourth-order valence-corrected chi connectivity index (χ4v) is 3.02. The zero-order valence-corrected chi connectivity index (χ0v) is 15.8. The van der Waals surface area contributed by atoms with Crippen LogP contribution in [-0.4, -0.2) is 24.4 Å². The van der Waals surface area contributed by atoms with E-state index in [4.69, 9.17) is 9.15 Å². The molecule has 8 heteroatoms. The van der Waals surface area contributed by atoms with Crippen LogP contribution in [0.5, 0.6) is 0 Å². The molecule has 1 atom stereocenters. The molecular weight excluding hydrogens is 380 g/mol. The van der Waals surface area contributed by atoms with Crippen LogP contribution in [0.15, 0.2) is 64.6 Å². The molecule has 3 aromatic rings. The molecule has 0 unspecified atom stereocenters. The van der Waals surface area contributed by atoms with Crippen LogP contribution in [0, 0.1) is 0 Å². The minimum absolute atomic E-state index is 0.215.